The van der Waals surface area contributed by atoms with E-state index in [-0.39, 0.29) is 5.91 Å². The zero-order chi connectivity index (χ0) is 9.84. The molecule has 70 valence electrons. The van der Waals surface area contributed by atoms with Gasteiger partial charge in [0.2, 0.25) is 0 Å². The lowest BCUT2D eigenvalue weighted by atomic mass is 10.3. The maximum atomic E-state index is 11.4. The monoisotopic (exact) mass is 197 g/mol. The van der Waals surface area contributed by atoms with E-state index in [0.717, 1.165) is 0 Å². The molecule has 2 N–H and O–H groups in total. The first-order valence-corrected chi connectivity index (χ1v) is 4.18. The highest BCUT2D eigenvalue weighted by atomic mass is 32.1. The third kappa shape index (κ3) is 2.64. The number of carbonyl (C=O) groups excluding carboxylic acids is 1. The molecule has 1 rings (SSSR count). The van der Waals surface area contributed by atoms with Crippen LogP contribution in [0.3, 0.4) is 0 Å². The number of pyridine rings is 1. The lowest BCUT2D eigenvalue weighted by Gasteiger charge is -2.11. The summed E-state index contributed by atoms with van der Waals surface area (Å²) in [6, 6.07) is 3.41. The highest BCUT2D eigenvalue weighted by molar-refractivity contribution is 7.71. The van der Waals surface area contributed by atoms with Crippen molar-refractivity contribution >= 4 is 18.1 Å². The molecule has 1 heterocycles. The molecule has 0 unspecified atom stereocenters. The molecule has 13 heavy (non-hydrogen) atoms. The molecule has 0 spiro atoms. The second-order valence-corrected chi connectivity index (χ2v) is 3.16. The average Bonchev–Trinajstić information content (AvgIpc) is 2.03. The highest BCUT2D eigenvalue weighted by Crippen LogP contribution is 1.98. The average molecular weight is 197 g/mol. The van der Waals surface area contributed by atoms with Crippen LogP contribution in [-0.2, 0) is 0 Å². The van der Waals surface area contributed by atoms with Crippen molar-refractivity contribution < 1.29 is 4.79 Å². The molecule has 0 bridgehead atoms. The Morgan fingerprint density at radius 1 is 1.62 bits per heavy atom. The van der Waals surface area contributed by atoms with Crippen molar-refractivity contribution in [2.75, 3.05) is 14.1 Å². The summed E-state index contributed by atoms with van der Waals surface area (Å²) in [6.07, 6.45) is 1.69. The minimum absolute atomic E-state index is 0.202. The summed E-state index contributed by atoms with van der Waals surface area (Å²) in [4.78, 5) is 14.2. The van der Waals surface area contributed by atoms with Crippen LogP contribution in [0.2, 0.25) is 0 Å². The number of hydrazine groups is 1. The van der Waals surface area contributed by atoms with Gasteiger partial charge in [-0.05, 0) is 12.1 Å². The number of nitrogens with zero attached hydrogens (tertiary/aromatic N) is 1. The standard InChI is InChI=1S/C8H11N3OS/c1-11(2)10-7(12)6-4-3-5-9-8(6)13/h3-5H,1-2H3,(H,9,13)(H,10,12). The minimum Gasteiger partial charge on any atom is -0.352 e. The highest BCUT2D eigenvalue weighted by Gasteiger charge is 2.06. The molecule has 0 aliphatic heterocycles. The quantitative estimate of drug-likeness (QED) is 0.548. The third-order valence-corrected chi connectivity index (χ3v) is 1.73. The fourth-order valence-electron chi connectivity index (χ4n) is 0.864. The Bertz CT molecular complexity index is 358. The van der Waals surface area contributed by atoms with Crippen LogP contribution in [-0.4, -0.2) is 30.0 Å². The maximum Gasteiger partial charge on any atom is 0.268 e. The summed E-state index contributed by atoms with van der Waals surface area (Å²) in [5.41, 5.74) is 3.09. The van der Waals surface area contributed by atoms with Crippen molar-refractivity contribution in [2.24, 2.45) is 0 Å². The predicted molar refractivity (Wildman–Crippen MR) is 52.8 cm³/mol. The van der Waals surface area contributed by atoms with Crippen molar-refractivity contribution in [2.45, 2.75) is 0 Å². The Morgan fingerprint density at radius 3 is 2.85 bits per heavy atom. The van der Waals surface area contributed by atoms with Crippen LogP contribution >= 0.6 is 12.2 Å². The van der Waals surface area contributed by atoms with Gasteiger partial charge in [-0.1, -0.05) is 12.2 Å². The van der Waals surface area contributed by atoms with Gasteiger partial charge >= 0.3 is 0 Å². The molecule has 0 aromatic carbocycles. The molecule has 1 amide bonds. The zero-order valence-corrected chi connectivity index (χ0v) is 8.31. The fraction of sp³-hybridized carbons (Fsp3) is 0.250. The van der Waals surface area contributed by atoms with Crippen LogP contribution in [0, 0.1) is 4.64 Å². The molecule has 0 fully saturated rings. The number of rotatable bonds is 2. The summed E-state index contributed by atoms with van der Waals surface area (Å²) < 4.78 is 0.446. The number of carbonyl (C=O) groups is 1. The van der Waals surface area contributed by atoms with E-state index >= 15 is 0 Å². The minimum atomic E-state index is -0.202. The summed E-state index contributed by atoms with van der Waals surface area (Å²) in [5.74, 6) is -0.202. The number of nitrogens with one attached hydrogen (secondary N) is 2. The van der Waals surface area contributed by atoms with Gasteiger partial charge in [-0.2, -0.15) is 0 Å². The topological polar surface area (TPSA) is 48.1 Å². The number of hydrogen-bond donors (Lipinski definition) is 2. The Balaban J connectivity index is 2.90. The number of amides is 1. The van der Waals surface area contributed by atoms with Gasteiger partial charge < -0.3 is 4.98 Å². The van der Waals surface area contributed by atoms with Gasteiger partial charge in [-0.15, -0.1) is 0 Å². The molecule has 0 saturated heterocycles. The normalized spacial score (nSPS) is 10.1. The first-order chi connectivity index (χ1) is 6.11. The van der Waals surface area contributed by atoms with Crippen LogP contribution in [0.25, 0.3) is 0 Å². The van der Waals surface area contributed by atoms with Crippen molar-refractivity contribution in [3.8, 4) is 0 Å². The summed E-state index contributed by atoms with van der Waals surface area (Å²) in [5, 5.41) is 1.57. The van der Waals surface area contributed by atoms with E-state index < -0.39 is 0 Å². The first-order valence-electron chi connectivity index (χ1n) is 3.77. The van der Waals surface area contributed by atoms with Crippen molar-refractivity contribution in [1.29, 1.82) is 0 Å². The van der Waals surface area contributed by atoms with Gasteiger partial charge in [0.1, 0.15) is 4.64 Å². The number of hydrogen-bond acceptors (Lipinski definition) is 3. The van der Waals surface area contributed by atoms with Crippen molar-refractivity contribution in [1.82, 2.24) is 15.4 Å². The zero-order valence-electron chi connectivity index (χ0n) is 7.50. The Morgan fingerprint density at radius 2 is 2.31 bits per heavy atom. The predicted octanol–water partition coefficient (Wildman–Crippen LogP) is 0.951. The van der Waals surface area contributed by atoms with Gasteiger partial charge in [0, 0.05) is 20.3 Å². The van der Waals surface area contributed by atoms with E-state index in [4.69, 9.17) is 12.2 Å². The van der Waals surface area contributed by atoms with E-state index in [2.05, 4.69) is 10.4 Å². The molecule has 4 nitrogen and oxygen atoms in total. The smallest absolute Gasteiger partial charge is 0.268 e. The Labute approximate surface area is 81.5 Å². The lowest BCUT2D eigenvalue weighted by Crippen LogP contribution is -2.36. The number of aromatic nitrogens is 1. The second-order valence-electron chi connectivity index (χ2n) is 2.75. The molecule has 0 atom stereocenters. The van der Waals surface area contributed by atoms with Crippen LogP contribution in [0.15, 0.2) is 18.3 Å². The third-order valence-electron chi connectivity index (χ3n) is 1.39. The van der Waals surface area contributed by atoms with Gasteiger partial charge in [0.15, 0.2) is 0 Å². The van der Waals surface area contributed by atoms with E-state index in [1.54, 1.807) is 37.4 Å². The largest absolute Gasteiger partial charge is 0.352 e. The van der Waals surface area contributed by atoms with E-state index in [0.29, 0.717) is 10.2 Å². The fourth-order valence-corrected chi connectivity index (χ4v) is 1.09. The first kappa shape index (κ1) is 9.88. The van der Waals surface area contributed by atoms with E-state index in [1.165, 1.54) is 0 Å². The van der Waals surface area contributed by atoms with Gasteiger partial charge in [-0.25, -0.2) is 5.01 Å². The maximum absolute atomic E-state index is 11.4. The molecule has 1 aromatic heterocycles. The van der Waals surface area contributed by atoms with Crippen LogP contribution < -0.4 is 5.43 Å². The van der Waals surface area contributed by atoms with Crippen LogP contribution in [0.4, 0.5) is 0 Å². The van der Waals surface area contributed by atoms with E-state index in [1.807, 2.05) is 0 Å². The number of H-pyrrole nitrogens is 1. The molecular formula is C8H11N3OS. The van der Waals surface area contributed by atoms with Crippen molar-refractivity contribution in [3.63, 3.8) is 0 Å². The molecule has 0 radical (unpaired) electrons. The summed E-state index contributed by atoms with van der Waals surface area (Å²) in [6.45, 7) is 0. The van der Waals surface area contributed by atoms with Gasteiger partial charge in [-0.3, -0.25) is 10.2 Å². The molecule has 1 aromatic rings. The SMILES string of the molecule is CN(C)NC(=O)c1ccc[nH]c1=S. The molecule has 0 aliphatic rings. The van der Waals surface area contributed by atoms with Crippen LogP contribution in [0.1, 0.15) is 10.4 Å². The summed E-state index contributed by atoms with van der Waals surface area (Å²) >= 11 is 4.95. The molecule has 0 aliphatic carbocycles. The molecule has 5 heteroatoms. The lowest BCUT2D eigenvalue weighted by molar-refractivity contribution is 0.0856. The molecule has 0 saturated carbocycles. The Kier molecular flexibility index (Phi) is 3.16. The summed E-state index contributed by atoms with van der Waals surface area (Å²) in [7, 11) is 3.49. The van der Waals surface area contributed by atoms with Gasteiger partial charge in [0.05, 0.1) is 5.56 Å². The van der Waals surface area contributed by atoms with Crippen LogP contribution in [0.5, 0.6) is 0 Å². The van der Waals surface area contributed by atoms with Crippen molar-refractivity contribution in [3.05, 3.63) is 28.5 Å². The number of aromatic amines is 1. The van der Waals surface area contributed by atoms with E-state index in [9.17, 15) is 4.79 Å². The second kappa shape index (κ2) is 4.15. The molecular weight excluding hydrogens is 186 g/mol. The van der Waals surface area contributed by atoms with Gasteiger partial charge in [0.25, 0.3) is 5.91 Å². The Hall–Kier alpha value is -1.20.